The molecule has 0 radical (unpaired) electrons. The molecule has 2 heterocycles. The molecule has 0 bridgehead atoms. The number of carbonyl (C=O) groups is 1. The number of hydrogen-bond donors (Lipinski definition) is 1. The summed E-state index contributed by atoms with van der Waals surface area (Å²) >= 11 is 0. The Balaban J connectivity index is 1.32. The van der Waals surface area contributed by atoms with E-state index in [1.165, 1.54) is 11.0 Å². The van der Waals surface area contributed by atoms with Crippen LogP contribution >= 0.6 is 0 Å². The molecule has 152 valence electrons. The minimum Gasteiger partial charge on any atom is -0.375 e. The second kappa shape index (κ2) is 8.45. The van der Waals surface area contributed by atoms with Crippen LogP contribution in [-0.4, -0.2) is 41.2 Å². The summed E-state index contributed by atoms with van der Waals surface area (Å²) in [7, 11) is 1.68. The summed E-state index contributed by atoms with van der Waals surface area (Å²) in [6, 6.07) is 17.1. The molecule has 1 fully saturated rings. The molecule has 1 aromatic heterocycles. The van der Waals surface area contributed by atoms with Crippen LogP contribution in [0.25, 0.3) is 0 Å². The van der Waals surface area contributed by atoms with Gasteiger partial charge in [-0.2, -0.15) is 15.2 Å². The molecule has 0 saturated carbocycles. The van der Waals surface area contributed by atoms with E-state index in [1.54, 1.807) is 19.2 Å². The van der Waals surface area contributed by atoms with Gasteiger partial charge in [0.15, 0.2) is 5.82 Å². The van der Waals surface area contributed by atoms with Crippen molar-refractivity contribution in [3.05, 3.63) is 77.0 Å². The van der Waals surface area contributed by atoms with E-state index in [4.69, 9.17) is 14.7 Å². The Labute approximate surface area is 174 Å². The van der Waals surface area contributed by atoms with Crippen LogP contribution in [0.5, 0.6) is 0 Å². The van der Waals surface area contributed by atoms with Crippen molar-refractivity contribution in [1.29, 1.82) is 5.26 Å². The number of benzene rings is 2. The average molecular weight is 403 g/mol. The number of methoxy groups -OCH3 is 1. The summed E-state index contributed by atoms with van der Waals surface area (Å²) in [5.41, 5.74) is 3.15. The van der Waals surface area contributed by atoms with E-state index in [0.29, 0.717) is 31.1 Å². The zero-order valence-corrected chi connectivity index (χ0v) is 16.5. The Morgan fingerprint density at radius 2 is 1.90 bits per heavy atom. The normalized spacial score (nSPS) is 14.5. The van der Waals surface area contributed by atoms with Crippen LogP contribution in [-0.2, 0) is 32.8 Å². The van der Waals surface area contributed by atoms with Gasteiger partial charge < -0.3 is 14.8 Å². The van der Waals surface area contributed by atoms with Gasteiger partial charge in [-0.05, 0) is 28.8 Å². The van der Waals surface area contributed by atoms with Gasteiger partial charge in [0.25, 0.3) is 0 Å². The van der Waals surface area contributed by atoms with E-state index >= 15 is 0 Å². The fraction of sp³-hybridized carbons (Fsp3) is 0.273. The van der Waals surface area contributed by atoms with E-state index in [-0.39, 0.29) is 17.9 Å². The van der Waals surface area contributed by atoms with E-state index in [2.05, 4.69) is 21.6 Å². The second-order valence-electron chi connectivity index (χ2n) is 7.18. The van der Waals surface area contributed by atoms with Gasteiger partial charge in [0.2, 0.25) is 5.91 Å². The molecule has 4 rings (SSSR count). The number of rotatable bonds is 7. The number of aromatic nitrogens is 3. The quantitative estimate of drug-likeness (QED) is 0.649. The van der Waals surface area contributed by atoms with Gasteiger partial charge in [0.05, 0.1) is 44.0 Å². The van der Waals surface area contributed by atoms with Gasteiger partial charge in [0.1, 0.15) is 5.60 Å². The molecule has 1 saturated heterocycles. The molecule has 1 amide bonds. The Morgan fingerprint density at radius 1 is 1.20 bits per heavy atom. The summed E-state index contributed by atoms with van der Waals surface area (Å²) in [6.07, 6.45) is 1.75. The van der Waals surface area contributed by atoms with Crippen molar-refractivity contribution in [3.8, 4) is 6.07 Å². The zero-order valence-electron chi connectivity index (χ0n) is 16.5. The highest BCUT2D eigenvalue weighted by Crippen LogP contribution is 2.33. The van der Waals surface area contributed by atoms with Gasteiger partial charge in [-0.1, -0.05) is 36.4 Å². The van der Waals surface area contributed by atoms with Gasteiger partial charge >= 0.3 is 0 Å². The predicted octanol–water partition coefficient (Wildman–Crippen LogP) is 2.25. The Bertz CT molecular complexity index is 1060. The molecule has 0 aliphatic carbocycles. The largest absolute Gasteiger partial charge is 0.375 e. The lowest BCUT2D eigenvalue weighted by atomic mass is 9.91. The highest BCUT2D eigenvalue weighted by molar-refractivity contribution is 5.91. The molecule has 1 N–H and O–H groups in total. The van der Waals surface area contributed by atoms with Crippen molar-refractivity contribution in [2.75, 3.05) is 25.6 Å². The third kappa shape index (κ3) is 4.22. The van der Waals surface area contributed by atoms with Crippen molar-refractivity contribution < 1.29 is 14.3 Å². The molecule has 1 aliphatic heterocycles. The summed E-state index contributed by atoms with van der Waals surface area (Å²) in [5, 5.41) is 20.1. The maximum atomic E-state index is 12.4. The number of carbonyl (C=O) groups excluding carboxylic acids is 1. The van der Waals surface area contributed by atoms with Crippen LogP contribution in [0.2, 0.25) is 0 Å². The minimum atomic E-state index is -0.367. The molecule has 0 atom stereocenters. The summed E-state index contributed by atoms with van der Waals surface area (Å²) in [4.78, 5) is 13.9. The van der Waals surface area contributed by atoms with Crippen LogP contribution in [0.4, 0.5) is 5.82 Å². The van der Waals surface area contributed by atoms with Crippen molar-refractivity contribution in [1.82, 2.24) is 15.0 Å². The lowest BCUT2D eigenvalue weighted by molar-refractivity contribution is -0.202. The standard InChI is InChI=1S/C22H21N5O3/c1-29-22(14-30-15-22)19-8-6-16(7-9-19)10-21(28)25-20-12-24-27(26-20)13-18-4-2-17(11-23)3-5-18/h2-9,12H,10,13-15H2,1H3,(H,25,26,28). The SMILES string of the molecule is COC1(c2ccc(CC(=O)Nc3cnn(Cc4ccc(C#N)cc4)n3)cc2)COC1. The van der Waals surface area contributed by atoms with Crippen molar-refractivity contribution in [3.63, 3.8) is 0 Å². The van der Waals surface area contributed by atoms with Gasteiger partial charge in [-0.15, -0.1) is 5.10 Å². The first-order chi connectivity index (χ1) is 14.6. The van der Waals surface area contributed by atoms with Crippen molar-refractivity contribution in [2.45, 2.75) is 18.6 Å². The van der Waals surface area contributed by atoms with E-state index in [9.17, 15) is 4.79 Å². The fourth-order valence-corrected chi connectivity index (χ4v) is 3.27. The highest BCUT2D eigenvalue weighted by Gasteiger charge is 2.40. The van der Waals surface area contributed by atoms with Gasteiger partial charge in [-0.3, -0.25) is 4.79 Å². The Morgan fingerprint density at radius 3 is 2.50 bits per heavy atom. The van der Waals surface area contributed by atoms with E-state index in [0.717, 1.165) is 16.7 Å². The second-order valence-corrected chi connectivity index (χ2v) is 7.18. The molecule has 0 spiro atoms. The third-order valence-corrected chi connectivity index (χ3v) is 5.12. The molecule has 3 aromatic rings. The number of amides is 1. The van der Waals surface area contributed by atoms with Crippen LogP contribution in [0, 0.1) is 11.3 Å². The third-order valence-electron chi connectivity index (χ3n) is 5.12. The lowest BCUT2D eigenvalue weighted by Gasteiger charge is -2.40. The maximum Gasteiger partial charge on any atom is 0.230 e. The molecule has 30 heavy (non-hydrogen) atoms. The number of anilines is 1. The molecule has 2 aromatic carbocycles. The molecule has 8 heteroatoms. The van der Waals surface area contributed by atoms with Crippen LogP contribution < -0.4 is 5.32 Å². The number of nitrogens with one attached hydrogen (secondary N) is 1. The topological polar surface area (TPSA) is 102 Å². The van der Waals surface area contributed by atoms with Crippen molar-refractivity contribution in [2.24, 2.45) is 0 Å². The first kappa shape index (κ1) is 19.8. The fourth-order valence-electron chi connectivity index (χ4n) is 3.27. The number of nitriles is 1. The molecular weight excluding hydrogens is 382 g/mol. The molecule has 0 unspecified atom stereocenters. The van der Waals surface area contributed by atoms with E-state index in [1.807, 2.05) is 36.4 Å². The number of nitrogens with zero attached hydrogens (tertiary/aromatic N) is 4. The summed E-state index contributed by atoms with van der Waals surface area (Å²) in [6.45, 7) is 1.54. The molecular formula is C22H21N5O3. The van der Waals surface area contributed by atoms with Crippen LogP contribution in [0.1, 0.15) is 22.3 Å². The monoisotopic (exact) mass is 403 g/mol. The van der Waals surface area contributed by atoms with Crippen LogP contribution in [0.15, 0.2) is 54.7 Å². The number of ether oxygens (including phenoxy) is 2. The summed E-state index contributed by atoms with van der Waals surface area (Å²) in [5.74, 6) is 0.233. The Kier molecular flexibility index (Phi) is 5.57. The average Bonchev–Trinajstić information content (AvgIpc) is 3.16. The minimum absolute atomic E-state index is 0.165. The van der Waals surface area contributed by atoms with Gasteiger partial charge in [0, 0.05) is 7.11 Å². The highest BCUT2D eigenvalue weighted by atomic mass is 16.6. The lowest BCUT2D eigenvalue weighted by Crippen LogP contribution is -2.48. The summed E-state index contributed by atoms with van der Waals surface area (Å²) < 4.78 is 10.9. The predicted molar refractivity (Wildman–Crippen MR) is 109 cm³/mol. The van der Waals surface area contributed by atoms with Gasteiger partial charge in [-0.25, -0.2) is 0 Å². The van der Waals surface area contributed by atoms with E-state index < -0.39 is 0 Å². The smallest absolute Gasteiger partial charge is 0.230 e. The first-order valence-corrected chi connectivity index (χ1v) is 9.51. The zero-order chi connectivity index (χ0) is 21.0. The maximum absolute atomic E-state index is 12.4. The molecule has 1 aliphatic rings. The van der Waals surface area contributed by atoms with Crippen molar-refractivity contribution >= 4 is 11.7 Å². The Hall–Kier alpha value is -3.54. The van der Waals surface area contributed by atoms with Crippen LogP contribution in [0.3, 0.4) is 0 Å². The first-order valence-electron chi connectivity index (χ1n) is 9.51. The molecule has 8 nitrogen and oxygen atoms in total. The number of hydrogen-bond acceptors (Lipinski definition) is 6.